The number of nitrogen functional groups attached to an aromatic ring is 1. The van der Waals surface area contributed by atoms with E-state index in [2.05, 4.69) is 10.4 Å². The largest absolute Gasteiger partial charge is 0.505 e. The van der Waals surface area contributed by atoms with Crippen molar-refractivity contribution in [3.8, 4) is 5.75 Å². The number of amides is 1. The molecule has 0 atom stereocenters. The normalized spacial score (nSPS) is 10.3. The molecule has 94 valence electrons. The van der Waals surface area contributed by atoms with Crippen molar-refractivity contribution in [3.63, 3.8) is 0 Å². The monoisotopic (exact) mass is 246 g/mol. The number of nitrogens with zero attached hydrogens (tertiary/aromatic N) is 2. The minimum absolute atomic E-state index is 0.123. The van der Waals surface area contributed by atoms with Crippen molar-refractivity contribution in [1.29, 1.82) is 0 Å². The number of rotatable bonds is 2. The van der Waals surface area contributed by atoms with Crippen LogP contribution in [-0.2, 0) is 7.05 Å². The van der Waals surface area contributed by atoms with Crippen LogP contribution in [0.3, 0.4) is 0 Å². The molecular weight excluding hydrogens is 232 g/mol. The van der Waals surface area contributed by atoms with Gasteiger partial charge in [0.25, 0.3) is 5.91 Å². The fourth-order valence-corrected chi connectivity index (χ4v) is 1.55. The lowest BCUT2D eigenvalue weighted by atomic mass is 10.1. The predicted molar refractivity (Wildman–Crippen MR) is 68.4 cm³/mol. The number of hydrogen-bond donors (Lipinski definition) is 3. The molecule has 2 aromatic rings. The van der Waals surface area contributed by atoms with Gasteiger partial charge in [0.15, 0.2) is 11.6 Å². The van der Waals surface area contributed by atoms with Gasteiger partial charge in [-0.05, 0) is 19.1 Å². The van der Waals surface area contributed by atoms with E-state index in [0.29, 0.717) is 5.82 Å². The number of carbonyl (C=O) groups is 1. The van der Waals surface area contributed by atoms with Gasteiger partial charge in [-0.1, -0.05) is 6.07 Å². The van der Waals surface area contributed by atoms with Gasteiger partial charge in [0, 0.05) is 18.8 Å². The number of hydrogen-bond acceptors (Lipinski definition) is 4. The van der Waals surface area contributed by atoms with Crippen molar-refractivity contribution in [2.45, 2.75) is 6.92 Å². The van der Waals surface area contributed by atoms with Crippen LogP contribution in [-0.4, -0.2) is 20.8 Å². The molecule has 0 fully saturated rings. The van der Waals surface area contributed by atoms with E-state index in [0.717, 1.165) is 5.69 Å². The van der Waals surface area contributed by atoms with Gasteiger partial charge in [0.05, 0.1) is 11.3 Å². The summed E-state index contributed by atoms with van der Waals surface area (Å²) >= 11 is 0. The van der Waals surface area contributed by atoms with Gasteiger partial charge >= 0.3 is 0 Å². The van der Waals surface area contributed by atoms with E-state index in [1.165, 1.54) is 12.1 Å². The summed E-state index contributed by atoms with van der Waals surface area (Å²) in [5.74, 6) is -0.234. The van der Waals surface area contributed by atoms with Crippen molar-refractivity contribution < 1.29 is 9.90 Å². The van der Waals surface area contributed by atoms with E-state index in [1.54, 1.807) is 23.9 Å². The van der Waals surface area contributed by atoms with Crippen LogP contribution in [0.25, 0.3) is 0 Å². The summed E-state index contributed by atoms with van der Waals surface area (Å²) in [4.78, 5) is 11.9. The molecule has 1 heterocycles. The summed E-state index contributed by atoms with van der Waals surface area (Å²) < 4.78 is 1.65. The fourth-order valence-electron chi connectivity index (χ4n) is 1.55. The highest BCUT2D eigenvalue weighted by atomic mass is 16.3. The highest BCUT2D eigenvalue weighted by Gasteiger charge is 2.14. The quantitative estimate of drug-likeness (QED) is 0.549. The molecular formula is C12H14N4O2. The Kier molecular flexibility index (Phi) is 2.93. The Hall–Kier alpha value is -2.50. The van der Waals surface area contributed by atoms with Crippen molar-refractivity contribution in [1.82, 2.24) is 9.78 Å². The molecule has 1 aromatic carbocycles. The Balaban J connectivity index is 2.24. The second kappa shape index (κ2) is 4.40. The van der Waals surface area contributed by atoms with Crippen LogP contribution in [0.4, 0.5) is 11.5 Å². The number of benzene rings is 1. The van der Waals surface area contributed by atoms with Crippen molar-refractivity contribution in [3.05, 3.63) is 35.5 Å². The second-order valence-corrected chi connectivity index (χ2v) is 3.99. The first kappa shape index (κ1) is 12.0. The maximum atomic E-state index is 11.9. The van der Waals surface area contributed by atoms with Gasteiger partial charge in [-0.3, -0.25) is 9.48 Å². The summed E-state index contributed by atoms with van der Waals surface area (Å²) in [5, 5.41) is 16.4. The van der Waals surface area contributed by atoms with Crippen molar-refractivity contribution >= 4 is 17.4 Å². The Morgan fingerprint density at radius 1 is 1.50 bits per heavy atom. The van der Waals surface area contributed by atoms with Crippen LogP contribution in [0.5, 0.6) is 5.75 Å². The Morgan fingerprint density at radius 2 is 2.22 bits per heavy atom. The van der Waals surface area contributed by atoms with Crippen molar-refractivity contribution in [2.75, 3.05) is 11.1 Å². The number of carbonyl (C=O) groups excluding carboxylic acids is 1. The summed E-state index contributed by atoms with van der Waals surface area (Å²) in [6, 6.07) is 6.36. The van der Waals surface area contributed by atoms with Gasteiger partial charge in [0.2, 0.25) is 0 Å². The van der Waals surface area contributed by atoms with Gasteiger partial charge in [-0.25, -0.2) is 0 Å². The number of aryl methyl sites for hydroxylation is 2. The standard InChI is InChI=1S/C12H14N4O2/c1-7-6-10(15-16(7)2)14-12(18)8-4-3-5-9(13)11(8)17/h3-6,17H,13H2,1-2H3,(H,14,15,18). The molecule has 0 aliphatic rings. The summed E-state index contributed by atoms with van der Waals surface area (Å²) in [7, 11) is 1.78. The number of aromatic hydroxyl groups is 1. The minimum Gasteiger partial charge on any atom is -0.505 e. The molecule has 18 heavy (non-hydrogen) atoms. The average molecular weight is 246 g/mol. The van der Waals surface area contributed by atoms with Gasteiger partial charge in [-0.2, -0.15) is 5.10 Å². The van der Waals surface area contributed by atoms with Gasteiger partial charge < -0.3 is 16.2 Å². The third-order valence-electron chi connectivity index (χ3n) is 2.67. The zero-order chi connectivity index (χ0) is 13.3. The molecule has 1 aromatic heterocycles. The molecule has 0 aliphatic heterocycles. The molecule has 0 aliphatic carbocycles. The first-order valence-electron chi connectivity index (χ1n) is 5.38. The lowest BCUT2D eigenvalue weighted by Crippen LogP contribution is -2.13. The molecule has 0 unspecified atom stereocenters. The van der Waals surface area contributed by atoms with E-state index < -0.39 is 5.91 Å². The summed E-state index contributed by atoms with van der Waals surface area (Å²) in [5.41, 5.74) is 6.74. The second-order valence-electron chi connectivity index (χ2n) is 3.99. The molecule has 0 saturated heterocycles. The van der Waals surface area contributed by atoms with Crippen LogP contribution >= 0.6 is 0 Å². The Bertz CT molecular complexity index is 585. The highest BCUT2D eigenvalue weighted by Crippen LogP contribution is 2.25. The number of nitrogens with one attached hydrogen (secondary N) is 1. The van der Waals surface area contributed by atoms with E-state index in [-0.39, 0.29) is 17.0 Å². The zero-order valence-corrected chi connectivity index (χ0v) is 10.1. The predicted octanol–water partition coefficient (Wildman–Crippen LogP) is 1.27. The summed E-state index contributed by atoms with van der Waals surface area (Å²) in [6.07, 6.45) is 0. The lowest BCUT2D eigenvalue weighted by molar-refractivity contribution is 0.102. The van der Waals surface area contributed by atoms with E-state index in [1.807, 2.05) is 6.92 Å². The molecule has 0 radical (unpaired) electrons. The first-order valence-corrected chi connectivity index (χ1v) is 5.38. The van der Waals surface area contributed by atoms with Crippen LogP contribution in [0, 0.1) is 6.92 Å². The van der Waals surface area contributed by atoms with E-state index in [4.69, 9.17) is 5.73 Å². The van der Waals surface area contributed by atoms with Crippen LogP contribution < -0.4 is 11.1 Å². The SMILES string of the molecule is Cc1cc(NC(=O)c2cccc(N)c2O)nn1C. The van der Waals surface area contributed by atoms with Crippen LogP contribution in [0.2, 0.25) is 0 Å². The Labute approximate surface area is 104 Å². The number of nitrogens with two attached hydrogens (primary N) is 1. The van der Waals surface area contributed by atoms with Crippen LogP contribution in [0.1, 0.15) is 16.1 Å². The molecule has 0 saturated carbocycles. The molecule has 6 heteroatoms. The van der Waals surface area contributed by atoms with Gasteiger partial charge in [-0.15, -0.1) is 0 Å². The molecule has 0 spiro atoms. The molecule has 2 rings (SSSR count). The summed E-state index contributed by atoms with van der Waals surface area (Å²) in [6.45, 7) is 1.88. The van der Waals surface area contributed by atoms with Gasteiger partial charge in [0.1, 0.15) is 0 Å². The maximum absolute atomic E-state index is 11.9. The number of phenols is 1. The number of anilines is 2. The topological polar surface area (TPSA) is 93.2 Å². The lowest BCUT2D eigenvalue weighted by Gasteiger charge is -2.06. The maximum Gasteiger partial charge on any atom is 0.260 e. The third-order valence-corrected chi connectivity index (χ3v) is 2.67. The first-order chi connectivity index (χ1) is 8.49. The zero-order valence-electron chi connectivity index (χ0n) is 10.1. The van der Waals surface area contributed by atoms with Crippen LogP contribution in [0.15, 0.2) is 24.3 Å². The molecule has 4 N–H and O–H groups in total. The fraction of sp³-hybridized carbons (Fsp3) is 0.167. The van der Waals surface area contributed by atoms with E-state index >= 15 is 0 Å². The third kappa shape index (κ3) is 2.13. The minimum atomic E-state index is -0.446. The molecule has 6 nitrogen and oxygen atoms in total. The van der Waals surface area contributed by atoms with Crippen molar-refractivity contribution in [2.24, 2.45) is 7.05 Å². The Morgan fingerprint density at radius 3 is 2.83 bits per heavy atom. The smallest absolute Gasteiger partial charge is 0.260 e. The number of para-hydroxylation sites is 1. The number of phenolic OH excluding ortho intramolecular Hbond substituents is 1. The van der Waals surface area contributed by atoms with E-state index in [9.17, 15) is 9.90 Å². The highest BCUT2D eigenvalue weighted by molar-refractivity contribution is 6.06. The molecule has 0 bridgehead atoms. The molecule has 1 amide bonds. The number of aromatic nitrogens is 2. The average Bonchev–Trinajstić information content (AvgIpc) is 2.61.